The minimum absolute atomic E-state index is 0. The number of likely N-dealkylation sites (N-methyl/N-ethyl adjacent to an activating group) is 1. The third kappa shape index (κ3) is 9.02. The van der Waals surface area contributed by atoms with Gasteiger partial charge in [0.05, 0.1) is 19.3 Å². The van der Waals surface area contributed by atoms with Gasteiger partial charge in [0.1, 0.15) is 5.82 Å². The molecular weight excluding hydrogens is 474 g/mol. The topological polar surface area (TPSA) is 58.1 Å². The Morgan fingerprint density at radius 2 is 2.21 bits per heavy atom. The fourth-order valence-corrected chi connectivity index (χ4v) is 3.07. The van der Waals surface area contributed by atoms with Gasteiger partial charge in [0.15, 0.2) is 5.96 Å². The molecule has 0 aromatic heterocycles. The fraction of sp³-hybridized carbons (Fsp3) is 0.650. The second kappa shape index (κ2) is 14.1. The number of halogens is 2. The van der Waals surface area contributed by atoms with Gasteiger partial charge < -0.3 is 25.0 Å². The van der Waals surface area contributed by atoms with E-state index in [-0.39, 0.29) is 35.8 Å². The van der Waals surface area contributed by atoms with Crippen LogP contribution < -0.4 is 10.6 Å². The molecule has 1 aromatic carbocycles. The second-order valence-electron chi connectivity index (χ2n) is 7.07. The van der Waals surface area contributed by atoms with Crippen molar-refractivity contribution in [2.75, 3.05) is 60.7 Å². The Morgan fingerprint density at radius 1 is 1.39 bits per heavy atom. The van der Waals surface area contributed by atoms with Crippen LogP contribution in [-0.2, 0) is 9.47 Å². The van der Waals surface area contributed by atoms with Crippen molar-refractivity contribution in [2.24, 2.45) is 10.9 Å². The van der Waals surface area contributed by atoms with Crippen molar-refractivity contribution in [3.05, 3.63) is 35.6 Å². The Labute approximate surface area is 185 Å². The minimum atomic E-state index is -0.217. The molecule has 0 saturated carbocycles. The molecular formula is C20H34FIN4O2. The molecule has 1 heterocycles. The van der Waals surface area contributed by atoms with Crippen LogP contribution >= 0.6 is 24.0 Å². The highest BCUT2D eigenvalue weighted by Gasteiger charge is 2.16. The third-order valence-electron chi connectivity index (χ3n) is 4.68. The van der Waals surface area contributed by atoms with Gasteiger partial charge in [-0.2, -0.15) is 0 Å². The molecule has 2 rings (SSSR count). The molecule has 0 radical (unpaired) electrons. The Kier molecular flexibility index (Phi) is 12.6. The molecule has 28 heavy (non-hydrogen) atoms. The van der Waals surface area contributed by atoms with Gasteiger partial charge >= 0.3 is 0 Å². The maximum Gasteiger partial charge on any atom is 0.191 e. The normalized spacial score (nSPS) is 18.0. The lowest BCUT2D eigenvalue weighted by Gasteiger charge is -2.26. The van der Waals surface area contributed by atoms with Crippen molar-refractivity contribution >= 4 is 29.9 Å². The number of rotatable bonds is 10. The van der Waals surface area contributed by atoms with E-state index in [4.69, 9.17) is 9.47 Å². The van der Waals surface area contributed by atoms with Crippen molar-refractivity contribution in [3.63, 3.8) is 0 Å². The number of aliphatic imine (C=N–C) groups is 1. The zero-order valence-electron chi connectivity index (χ0n) is 17.1. The average molecular weight is 508 g/mol. The highest BCUT2D eigenvalue weighted by atomic mass is 127. The smallest absolute Gasteiger partial charge is 0.191 e. The van der Waals surface area contributed by atoms with Crippen LogP contribution in [0, 0.1) is 11.7 Å². The van der Waals surface area contributed by atoms with Crippen molar-refractivity contribution in [2.45, 2.75) is 18.9 Å². The molecule has 0 amide bonds. The number of nitrogens with zero attached hydrogens (tertiary/aromatic N) is 2. The predicted octanol–water partition coefficient (Wildman–Crippen LogP) is 2.65. The number of ether oxygens (including phenoxy) is 2. The Bertz CT molecular complexity index is 583. The molecule has 2 atom stereocenters. The molecule has 1 fully saturated rings. The van der Waals surface area contributed by atoms with Crippen molar-refractivity contribution in [1.29, 1.82) is 0 Å². The molecule has 160 valence electrons. The van der Waals surface area contributed by atoms with Gasteiger partial charge in [0, 0.05) is 39.3 Å². The van der Waals surface area contributed by atoms with Gasteiger partial charge in [-0.25, -0.2) is 4.39 Å². The SMILES string of the molecule is CN=C(NCCCOCC1CCOC1)NCC(c1cccc(F)c1)N(C)C.I. The Balaban J connectivity index is 0.00000392. The molecule has 6 nitrogen and oxygen atoms in total. The van der Waals surface area contributed by atoms with E-state index in [0.29, 0.717) is 12.5 Å². The summed E-state index contributed by atoms with van der Waals surface area (Å²) in [5.74, 6) is 1.08. The van der Waals surface area contributed by atoms with E-state index in [2.05, 4.69) is 20.5 Å². The molecule has 1 saturated heterocycles. The Hall–Kier alpha value is -0.970. The first-order valence-corrected chi connectivity index (χ1v) is 9.62. The molecule has 2 N–H and O–H groups in total. The van der Waals surface area contributed by atoms with Crippen LogP contribution in [0.15, 0.2) is 29.3 Å². The minimum Gasteiger partial charge on any atom is -0.381 e. The highest BCUT2D eigenvalue weighted by Crippen LogP contribution is 2.18. The molecule has 1 aliphatic heterocycles. The summed E-state index contributed by atoms with van der Waals surface area (Å²) < 4.78 is 24.6. The van der Waals surface area contributed by atoms with Gasteiger partial charge in [0.25, 0.3) is 0 Å². The summed E-state index contributed by atoms with van der Waals surface area (Å²) in [5, 5.41) is 6.62. The number of guanidine groups is 1. The number of hydrogen-bond donors (Lipinski definition) is 2. The quantitative estimate of drug-likeness (QED) is 0.220. The summed E-state index contributed by atoms with van der Waals surface area (Å²) in [5.41, 5.74) is 0.937. The van der Waals surface area contributed by atoms with Crippen LogP contribution in [0.4, 0.5) is 4.39 Å². The average Bonchev–Trinajstić information content (AvgIpc) is 3.16. The lowest BCUT2D eigenvalue weighted by Crippen LogP contribution is -2.42. The van der Waals surface area contributed by atoms with Gasteiger partial charge in [-0.05, 0) is 44.6 Å². The molecule has 0 bridgehead atoms. The highest BCUT2D eigenvalue weighted by molar-refractivity contribution is 14.0. The van der Waals surface area contributed by atoms with Gasteiger partial charge in [-0.3, -0.25) is 4.99 Å². The first-order chi connectivity index (χ1) is 13.1. The van der Waals surface area contributed by atoms with Crippen LogP contribution in [0.2, 0.25) is 0 Å². The predicted molar refractivity (Wildman–Crippen MR) is 122 cm³/mol. The summed E-state index contributed by atoms with van der Waals surface area (Å²) in [6.07, 6.45) is 2.02. The van der Waals surface area contributed by atoms with E-state index in [1.807, 2.05) is 20.2 Å². The number of hydrogen-bond acceptors (Lipinski definition) is 4. The monoisotopic (exact) mass is 508 g/mol. The van der Waals surface area contributed by atoms with Gasteiger partial charge in [0.2, 0.25) is 0 Å². The van der Waals surface area contributed by atoms with E-state index in [0.717, 1.165) is 57.3 Å². The first kappa shape index (κ1) is 25.1. The summed E-state index contributed by atoms with van der Waals surface area (Å²) in [4.78, 5) is 6.32. The maximum atomic E-state index is 13.5. The van der Waals surface area contributed by atoms with Crippen LogP contribution in [0.5, 0.6) is 0 Å². The standard InChI is InChI=1S/C20H33FN4O2.HI/c1-22-20(23-9-5-10-26-14-16-8-11-27-15-16)24-13-19(25(2)3)17-6-4-7-18(21)12-17;/h4,6-7,12,16,19H,5,8-11,13-15H2,1-3H3,(H2,22,23,24);1H. The lowest BCUT2D eigenvalue weighted by atomic mass is 10.1. The summed E-state index contributed by atoms with van der Waals surface area (Å²) in [6, 6.07) is 6.78. The van der Waals surface area contributed by atoms with Crippen molar-refractivity contribution < 1.29 is 13.9 Å². The zero-order chi connectivity index (χ0) is 19.5. The number of nitrogens with one attached hydrogen (secondary N) is 2. The van der Waals surface area contributed by atoms with E-state index >= 15 is 0 Å². The number of benzene rings is 1. The molecule has 0 aliphatic carbocycles. The summed E-state index contributed by atoms with van der Waals surface area (Å²) in [6.45, 7) is 4.62. The van der Waals surface area contributed by atoms with Crippen molar-refractivity contribution in [3.8, 4) is 0 Å². The molecule has 8 heteroatoms. The van der Waals surface area contributed by atoms with E-state index in [1.54, 1.807) is 19.2 Å². The van der Waals surface area contributed by atoms with Crippen LogP contribution in [-0.4, -0.2) is 71.5 Å². The van der Waals surface area contributed by atoms with E-state index in [1.165, 1.54) is 6.07 Å². The fourth-order valence-electron chi connectivity index (χ4n) is 3.07. The van der Waals surface area contributed by atoms with Crippen LogP contribution in [0.25, 0.3) is 0 Å². The Morgan fingerprint density at radius 3 is 2.86 bits per heavy atom. The lowest BCUT2D eigenvalue weighted by molar-refractivity contribution is 0.0888. The van der Waals surface area contributed by atoms with E-state index in [9.17, 15) is 4.39 Å². The molecule has 0 spiro atoms. The molecule has 1 aliphatic rings. The zero-order valence-corrected chi connectivity index (χ0v) is 19.4. The third-order valence-corrected chi connectivity index (χ3v) is 4.68. The largest absolute Gasteiger partial charge is 0.381 e. The van der Waals surface area contributed by atoms with Crippen LogP contribution in [0.1, 0.15) is 24.4 Å². The van der Waals surface area contributed by atoms with Crippen LogP contribution in [0.3, 0.4) is 0 Å². The van der Waals surface area contributed by atoms with Gasteiger partial charge in [-0.15, -0.1) is 24.0 Å². The summed E-state index contributed by atoms with van der Waals surface area (Å²) in [7, 11) is 5.72. The maximum absolute atomic E-state index is 13.5. The summed E-state index contributed by atoms with van der Waals surface area (Å²) >= 11 is 0. The molecule has 2 unspecified atom stereocenters. The molecule has 1 aromatic rings. The van der Waals surface area contributed by atoms with Gasteiger partial charge in [-0.1, -0.05) is 12.1 Å². The van der Waals surface area contributed by atoms with E-state index < -0.39 is 0 Å². The first-order valence-electron chi connectivity index (χ1n) is 9.62. The van der Waals surface area contributed by atoms with Crippen molar-refractivity contribution in [1.82, 2.24) is 15.5 Å². The second-order valence-corrected chi connectivity index (χ2v) is 7.07.